The molecule has 1 atom stereocenters. The van der Waals surface area contributed by atoms with Crippen LogP contribution in [0.15, 0.2) is 15.9 Å². The Labute approximate surface area is 98.0 Å². The first-order chi connectivity index (χ1) is 6.79. The van der Waals surface area contributed by atoms with Gasteiger partial charge >= 0.3 is 0 Å². The third kappa shape index (κ3) is 3.13. The molecule has 1 aromatic rings. The van der Waals surface area contributed by atoms with Gasteiger partial charge in [0.05, 0.1) is 6.04 Å². The van der Waals surface area contributed by atoms with Gasteiger partial charge in [-0.1, -0.05) is 6.92 Å². The quantitative estimate of drug-likeness (QED) is 0.808. The fourth-order valence-corrected chi connectivity index (χ4v) is 2.97. The van der Waals surface area contributed by atoms with E-state index in [1.165, 1.54) is 4.88 Å². The molecule has 76 valence electrons. The smallest absolute Gasteiger partial charge is 0.0537 e. The number of rotatable bonds is 5. The molecule has 0 aliphatic carbocycles. The molecule has 0 radical (unpaired) electrons. The van der Waals surface area contributed by atoms with Gasteiger partial charge in [-0.15, -0.1) is 23.7 Å². The van der Waals surface area contributed by atoms with E-state index in [0.717, 1.165) is 23.9 Å². The van der Waals surface area contributed by atoms with E-state index in [0.29, 0.717) is 6.04 Å². The molecule has 0 aromatic carbocycles. The Hall–Kier alpha value is -0.300. The highest BCUT2D eigenvalue weighted by Crippen LogP contribution is 2.30. The first-order valence-electron chi connectivity index (χ1n) is 4.69. The summed E-state index contributed by atoms with van der Waals surface area (Å²) < 4.78 is 1.16. The van der Waals surface area contributed by atoms with E-state index in [2.05, 4.69) is 45.5 Å². The van der Waals surface area contributed by atoms with E-state index in [9.17, 15) is 0 Å². The Kier molecular flexibility index (Phi) is 5.24. The molecule has 1 N–H and O–H groups in total. The van der Waals surface area contributed by atoms with Crippen LogP contribution in [0.2, 0.25) is 0 Å². The third-order valence-electron chi connectivity index (χ3n) is 1.92. The summed E-state index contributed by atoms with van der Waals surface area (Å²) >= 11 is 5.27. The largest absolute Gasteiger partial charge is 0.308 e. The molecule has 1 unspecified atom stereocenters. The summed E-state index contributed by atoms with van der Waals surface area (Å²) in [4.78, 5) is 1.30. The average Bonchev–Trinajstić information content (AvgIpc) is 2.59. The number of halogens is 1. The second-order valence-electron chi connectivity index (χ2n) is 3.05. The molecule has 0 aliphatic heterocycles. The van der Waals surface area contributed by atoms with Gasteiger partial charge in [-0.3, -0.25) is 0 Å². The van der Waals surface area contributed by atoms with Gasteiger partial charge in [-0.2, -0.15) is 0 Å². The maximum absolute atomic E-state index is 5.36. The highest BCUT2D eigenvalue weighted by Gasteiger charge is 2.13. The van der Waals surface area contributed by atoms with Gasteiger partial charge in [0.1, 0.15) is 0 Å². The minimum Gasteiger partial charge on any atom is -0.308 e. The fraction of sp³-hybridized carbons (Fsp3) is 0.455. The number of hydrogen-bond donors (Lipinski definition) is 1. The van der Waals surface area contributed by atoms with Crippen LogP contribution in [0.25, 0.3) is 0 Å². The molecule has 0 saturated heterocycles. The first-order valence-corrected chi connectivity index (χ1v) is 6.36. The average molecular weight is 272 g/mol. The predicted molar refractivity (Wildman–Crippen MR) is 66.5 cm³/mol. The van der Waals surface area contributed by atoms with Gasteiger partial charge in [0.15, 0.2) is 0 Å². The zero-order valence-electron chi connectivity index (χ0n) is 8.22. The lowest BCUT2D eigenvalue weighted by Crippen LogP contribution is -2.21. The monoisotopic (exact) mass is 271 g/mol. The van der Waals surface area contributed by atoms with Crippen molar-refractivity contribution >= 4 is 27.3 Å². The number of nitrogens with one attached hydrogen (secondary N) is 1. The topological polar surface area (TPSA) is 12.0 Å². The van der Waals surface area contributed by atoms with E-state index in [-0.39, 0.29) is 0 Å². The molecule has 0 bridgehead atoms. The van der Waals surface area contributed by atoms with Gasteiger partial charge in [-0.05, 0) is 40.3 Å². The Morgan fingerprint density at radius 2 is 2.50 bits per heavy atom. The summed E-state index contributed by atoms with van der Waals surface area (Å²) in [5.41, 5.74) is 0. The summed E-state index contributed by atoms with van der Waals surface area (Å²) in [5, 5.41) is 5.53. The summed E-state index contributed by atoms with van der Waals surface area (Å²) in [6, 6.07) is 2.37. The van der Waals surface area contributed by atoms with Crippen molar-refractivity contribution in [2.75, 3.05) is 6.54 Å². The number of hydrogen-bond acceptors (Lipinski definition) is 2. The van der Waals surface area contributed by atoms with Gasteiger partial charge in [0.25, 0.3) is 0 Å². The molecular weight excluding hydrogens is 258 g/mol. The maximum atomic E-state index is 5.36. The van der Waals surface area contributed by atoms with Crippen LogP contribution >= 0.6 is 27.3 Å². The summed E-state index contributed by atoms with van der Waals surface area (Å²) in [6.45, 7) is 3.17. The van der Waals surface area contributed by atoms with Crippen molar-refractivity contribution in [1.82, 2.24) is 5.32 Å². The van der Waals surface area contributed by atoms with Crippen molar-refractivity contribution < 1.29 is 0 Å². The summed E-state index contributed by atoms with van der Waals surface area (Å²) in [5.74, 6) is 2.72. The van der Waals surface area contributed by atoms with Crippen molar-refractivity contribution in [2.45, 2.75) is 25.8 Å². The minimum absolute atomic E-state index is 0.300. The highest BCUT2D eigenvalue weighted by molar-refractivity contribution is 9.10. The van der Waals surface area contributed by atoms with Crippen molar-refractivity contribution in [3.63, 3.8) is 0 Å². The third-order valence-corrected chi connectivity index (χ3v) is 3.91. The molecule has 0 spiro atoms. The van der Waals surface area contributed by atoms with Gasteiger partial charge in [0, 0.05) is 15.8 Å². The molecular formula is C11H14BrNS. The molecule has 1 rings (SSSR count). The van der Waals surface area contributed by atoms with Gasteiger partial charge in [0.2, 0.25) is 0 Å². The van der Waals surface area contributed by atoms with E-state index in [1.807, 2.05) is 0 Å². The second kappa shape index (κ2) is 6.23. The first kappa shape index (κ1) is 11.8. The molecule has 0 saturated carbocycles. The van der Waals surface area contributed by atoms with Gasteiger partial charge in [-0.25, -0.2) is 0 Å². The zero-order chi connectivity index (χ0) is 10.4. The minimum atomic E-state index is 0.300. The summed E-state index contributed by atoms with van der Waals surface area (Å²) in [7, 11) is 0. The van der Waals surface area contributed by atoms with Crippen LogP contribution in [-0.2, 0) is 0 Å². The van der Waals surface area contributed by atoms with Crippen molar-refractivity contribution in [1.29, 1.82) is 0 Å². The van der Waals surface area contributed by atoms with E-state index in [4.69, 9.17) is 6.42 Å². The molecule has 1 aromatic heterocycles. The highest BCUT2D eigenvalue weighted by atomic mass is 79.9. The lowest BCUT2D eigenvalue weighted by Gasteiger charge is -2.14. The lowest BCUT2D eigenvalue weighted by molar-refractivity contribution is 0.548. The van der Waals surface area contributed by atoms with Crippen LogP contribution in [-0.4, -0.2) is 6.54 Å². The van der Waals surface area contributed by atoms with Crippen molar-refractivity contribution in [3.8, 4) is 12.3 Å². The van der Waals surface area contributed by atoms with Crippen LogP contribution in [0.1, 0.15) is 30.7 Å². The Morgan fingerprint density at radius 1 is 1.71 bits per heavy atom. The van der Waals surface area contributed by atoms with Gasteiger partial charge < -0.3 is 5.32 Å². The maximum Gasteiger partial charge on any atom is 0.0537 e. The normalized spacial score (nSPS) is 12.4. The van der Waals surface area contributed by atoms with E-state index < -0.39 is 0 Å². The van der Waals surface area contributed by atoms with Crippen LogP contribution in [0.3, 0.4) is 0 Å². The summed E-state index contributed by atoms with van der Waals surface area (Å²) in [6.07, 6.45) is 7.23. The van der Waals surface area contributed by atoms with Crippen LogP contribution < -0.4 is 5.32 Å². The Balaban J connectivity index is 2.68. The van der Waals surface area contributed by atoms with Crippen molar-refractivity contribution in [3.05, 3.63) is 20.8 Å². The number of thiophene rings is 1. The molecule has 1 nitrogen and oxygen atoms in total. The molecule has 0 amide bonds. The van der Waals surface area contributed by atoms with Crippen molar-refractivity contribution in [2.24, 2.45) is 0 Å². The standard InChI is InChI=1S/C11H14BrNS/c1-3-5-10(13-7-4-2)11-9(12)6-8-14-11/h1,6,8,10,13H,4-5,7H2,2H3. The lowest BCUT2D eigenvalue weighted by atomic mass is 10.2. The fourth-order valence-electron chi connectivity index (χ4n) is 1.25. The Bertz CT molecular complexity index is 313. The molecule has 3 heteroatoms. The number of terminal acetylenes is 1. The Morgan fingerprint density at radius 3 is 3.00 bits per heavy atom. The molecule has 0 aliphatic rings. The molecule has 1 heterocycles. The van der Waals surface area contributed by atoms with Crippen LogP contribution in [0.4, 0.5) is 0 Å². The molecule has 0 fully saturated rings. The second-order valence-corrected chi connectivity index (χ2v) is 4.85. The van der Waals surface area contributed by atoms with E-state index >= 15 is 0 Å². The zero-order valence-corrected chi connectivity index (χ0v) is 10.6. The van der Waals surface area contributed by atoms with Crippen LogP contribution in [0.5, 0.6) is 0 Å². The van der Waals surface area contributed by atoms with E-state index in [1.54, 1.807) is 11.3 Å². The predicted octanol–water partition coefficient (Wildman–Crippen LogP) is 3.57. The molecule has 14 heavy (non-hydrogen) atoms. The van der Waals surface area contributed by atoms with Crippen LogP contribution in [0, 0.1) is 12.3 Å². The SMILES string of the molecule is C#CCC(NCCC)c1sccc1Br.